The number of carbonyl (C=O) groups is 4. The van der Waals surface area contributed by atoms with E-state index < -0.39 is 0 Å². The largest absolute Gasteiger partial charge is 0.494 e. The summed E-state index contributed by atoms with van der Waals surface area (Å²) in [6, 6.07) is 37.7. The smallest absolute Gasteiger partial charge is 0.247 e. The highest BCUT2D eigenvalue weighted by atomic mass is 35.5. The van der Waals surface area contributed by atoms with Crippen LogP contribution >= 0.6 is 22.9 Å². The molecule has 8 heterocycles. The van der Waals surface area contributed by atoms with Crippen LogP contribution in [0.25, 0.3) is 22.2 Å². The molecule has 3 saturated heterocycles. The van der Waals surface area contributed by atoms with E-state index in [1.807, 2.05) is 85.7 Å². The summed E-state index contributed by atoms with van der Waals surface area (Å²) in [6.45, 7) is 24.6. The first-order chi connectivity index (χ1) is 50.8. The van der Waals surface area contributed by atoms with Gasteiger partial charge in [-0.25, -0.2) is 19.9 Å². The van der Waals surface area contributed by atoms with Crippen molar-refractivity contribution in [3.05, 3.63) is 211 Å². The number of aryl methyl sites for hydroxylation is 2. The molecule has 0 bridgehead atoms. The van der Waals surface area contributed by atoms with Crippen LogP contribution in [0.5, 0.6) is 23.0 Å². The SMILES string of the molecule is C=CC(=O)Cc1cccc(C(=O)c2nnc(Nc3ccc(N4CCN(C)CC4)cc3OC)s2)c1.C=CC(=O)Nc1cccc(-c2cn(C)c3cnc(Nc4ccc(N5CCN(C)CC5)cc4OC)nc23)c1.C=CC(=O)Nc1cccc(Oc2cc(Nc3ncc(N4CCN(C)CC4)cc3C)ncc2Cl)c1. The molecular weight excluding hydrogens is 1370 g/mol. The lowest BCUT2D eigenvalue weighted by Gasteiger charge is -2.34. The number of likely N-dealkylation sites (N-methyl/N-ethyl adjacent to an activating group) is 3. The molecule has 0 saturated carbocycles. The Kier molecular flexibility index (Phi) is 24.9. The lowest BCUT2D eigenvalue weighted by Crippen LogP contribution is -2.44. The number of carbonyl (C=O) groups excluding carboxylic acids is 4. The molecule has 542 valence electrons. The Bertz CT molecular complexity index is 4790. The van der Waals surface area contributed by atoms with Crippen molar-refractivity contribution in [2.45, 2.75) is 13.3 Å². The minimum atomic E-state index is -0.299. The predicted octanol–water partition coefficient (Wildman–Crippen LogP) is 12.7. The van der Waals surface area contributed by atoms with Crippen molar-refractivity contribution in [1.82, 2.24) is 49.4 Å². The van der Waals surface area contributed by atoms with E-state index in [1.165, 1.54) is 35.8 Å². The monoisotopic (exact) mass is 1450 g/mol. The number of methoxy groups -OCH3 is 2. The quantitative estimate of drug-likeness (QED) is 0.0294. The first-order valence-electron chi connectivity index (χ1n) is 34.1. The number of nitrogens with zero attached hydrogens (tertiary/aromatic N) is 13. The Morgan fingerprint density at radius 1 is 0.581 bits per heavy atom. The van der Waals surface area contributed by atoms with E-state index >= 15 is 0 Å². The molecule has 13 rings (SSSR count). The first-order valence-corrected chi connectivity index (χ1v) is 35.3. The van der Waals surface area contributed by atoms with Crippen LogP contribution in [0.1, 0.15) is 26.5 Å². The van der Waals surface area contributed by atoms with Gasteiger partial charge in [-0.15, -0.1) is 10.2 Å². The summed E-state index contributed by atoms with van der Waals surface area (Å²) in [5.74, 6) is 3.23. The van der Waals surface area contributed by atoms with Crippen molar-refractivity contribution >= 4 is 120 Å². The Morgan fingerprint density at radius 3 is 1.77 bits per heavy atom. The minimum Gasteiger partial charge on any atom is -0.494 e. The summed E-state index contributed by atoms with van der Waals surface area (Å²) < 4.78 is 19.3. The van der Waals surface area contributed by atoms with Gasteiger partial charge in [0.25, 0.3) is 0 Å². The topological polar surface area (TPSA) is 258 Å². The third kappa shape index (κ3) is 19.6. The van der Waals surface area contributed by atoms with Gasteiger partial charge in [-0.3, -0.25) is 19.2 Å². The average Bonchev–Trinajstić information content (AvgIpc) is 1.65. The maximum atomic E-state index is 12.9. The number of hydrogen-bond donors (Lipinski definition) is 5. The summed E-state index contributed by atoms with van der Waals surface area (Å²) in [4.78, 5) is 80.3. The van der Waals surface area contributed by atoms with Crippen LogP contribution in [0.15, 0.2) is 184 Å². The van der Waals surface area contributed by atoms with Gasteiger partial charge >= 0.3 is 0 Å². The van der Waals surface area contributed by atoms with Crippen LogP contribution in [0.2, 0.25) is 5.02 Å². The van der Waals surface area contributed by atoms with E-state index in [4.69, 9.17) is 30.8 Å². The normalized spacial score (nSPS) is 14.0. The maximum Gasteiger partial charge on any atom is 0.247 e. The van der Waals surface area contributed by atoms with Gasteiger partial charge in [0.1, 0.15) is 39.4 Å². The number of aromatic nitrogens is 7. The molecule has 2 amide bonds. The summed E-state index contributed by atoms with van der Waals surface area (Å²) in [7, 11) is 11.7. The van der Waals surface area contributed by atoms with Gasteiger partial charge in [-0.2, -0.15) is 0 Å². The van der Waals surface area contributed by atoms with Gasteiger partial charge in [0, 0.05) is 156 Å². The highest BCUT2D eigenvalue weighted by molar-refractivity contribution is 7.17. The molecule has 0 unspecified atom stereocenters. The number of benzene rings is 5. The van der Waals surface area contributed by atoms with Crippen LogP contribution in [0.3, 0.4) is 0 Å². The van der Waals surface area contributed by atoms with Gasteiger partial charge in [0.15, 0.2) is 16.5 Å². The van der Waals surface area contributed by atoms with Crippen molar-refractivity contribution in [2.24, 2.45) is 7.05 Å². The number of ketones is 2. The van der Waals surface area contributed by atoms with Crippen molar-refractivity contribution in [3.8, 4) is 34.1 Å². The summed E-state index contributed by atoms with van der Waals surface area (Å²) in [5.41, 5.74) is 12.0. The third-order valence-corrected chi connectivity index (χ3v) is 19.0. The summed E-state index contributed by atoms with van der Waals surface area (Å²) in [6.07, 6.45) is 11.2. The highest BCUT2D eigenvalue weighted by Gasteiger charge is 2.23. The van der Waals surface area contributed by atoms with E-state index in [-0.39, 0.29) is 34.8 Å². The Balaban J connectivity index is 0.000000158. The number of ether oxygens (including phenoxy) is 3. The molecule has 10 aromatic rings. The molecular formula is C78H85ClN18O7S. The lowest BCUT2D eigenvalue weighted by atomic mass is 10.0. The van der Waals surface area contributed by atoms with Gasteiger partial charge in [-0.1, -0.05) is 79.1 Å². The van der Waals surface area contributed by atoms with Gasteiger partial charge < -0.3 is 74.8 Å². The van der Waals surface area contributed by atoms with Crippen LogP contribution in [-0.4, -0.2) is 187 Å². The summed E-state index contributed by atoms with van der Waals surface area (Å²) in [5, 5.41) is 24.6. The molecule has 27 heteroatoms. The van der Waals surface area contributed by atoms with Crippen LogP contribution in [0.4, 0.5) is 62.5 Å². The number of nitrogens with one attached hydrogen (secondary N) is 5. The van der Waals surface area contributed by atoms with Crippen molar-refractivity contribution in [3.63, 3.8) is 0 Å². The molecule has 25 nitrogen and oxygen atoms in total. The zero-order chi connectivity index (χ0) is 74.1. The number of piperazine rings is 3. The second-order valence-corrected chi connectivity index (χ2v) is 26.7. The van der Waals surface area contributed by atoms with Gasteiger partial charge in [0.2, 0.25) is 28.7 Å². The third-order valence-electron chi connectivity index (χ3n) is 17.9. The number of anilines is 11. The number of fused-ring (bicyclic) bond motifs is 1. The van der Waals surface area contributed by atoms with Crippen molar-refractivity contribution < 1.29 is 33.4 Å². The average molecular weight is 1450 g/mol. The fourth-order valence-corrected chi connectivity index (χ4v) is 12.7. The van der Waals surface area contributed by atoms with E-state index in [2.05, 4.69) is 146 Å². The van der Waals surface area contributed by atoms with Gasteiger partial charge in [0.05, 0.1) is 55.4 Å². The molecule has 5 aromatic heterocycles. The first kappa shape index (κ1) is 74.6. The highest BCUT2D eigenvalue weighted by Crippen LogP contribution is 2.38. The zero-order valence-electron chi connectivity index (χ0n) is 59.9. The molecule has 5 aromatic carbocycles. The van der Waals surface area contributed by atoms with E-state index in [1.54, 1.807) is 62.8 Å². The fourth-order valence-electron chi connectivity index (χ4n) is 11.9. The van der Waals surface area contributed by atoms with Gasteiger partial charge in [-0.05, 0) is 124 Å². The molecule has 3 fully saturated rings. The van der Waals surface area contributed by atoms with Crippen LogP contribution in [0, 0.1) is 6.92 Å². The minimum absolute atomic E-state index is 0.0976. The number of amides is 2. The molecule has 3 aliphatic rings. The second kappa shape index (κ2) is 35.1. The molecule has 0 atom stereocenters. The zero-order valence-corrected chi connectivity index (χ0v) is 61.4. The standard InChI is InChI=1S/C28H31N7O2.C25H27ClN6O2.C25H27N5O3S/c1-5-26(36)30-20-8-6-7-19(15-20)22-18-34(3)24-17-29-28(32-27(22)24)31-23-10-9-21(16-25(23)37-4)35-13-11-33(2)12-14-35;1-4-24(33)29-18-6-5-7-20(13-18)34-22-14-23(27-16-21(22)26)30-25-17(2)12-19(15-28-25)32-10-8-31(3)9-11-32;1-4-20(31)15-17-6-5-7-18(14-17)23(32)24-27-28-25(34-24)26-21-9-8-19(16-22(21)33-3)30-12-10-29(2)11-13-30/h5-10,15-18H,1,11-14H2,2-4H3,(H,30,36)(H,29,31,32);4-7,12-16H,1,8-11H2,2-3H3,(H,29,33)(H,27,28,30);4-9,14,16H,1,10-13,15H2,2-3H3,(H,26,28). The Hall–Kier alpha value is -11.6. The molecule has 105 heavy (non-hydrogen) atoms. The maximum absolute atomic E-state index is 12.9. The molecule has 5 N–H and O–H groups in total. The predicted molar refractivity (Wildman–Crippen MR) is 420 cm³/mol. The number of allylic oxidation sites excluding steroid dienone is 1. The summed E-state index contributed by atoms with van der Waals surface area (Å²) >= 11 is 7.49. The lowest BCUT2D eigenvalue weighted by molar-refractivity contribution is -0.114. The number of hydrogen-bond acceptors (Lipinski definition) is 23. The number of rotatable bonds is 23. The Labute approximate surface area is 619 Å². The van der Waals surface area contributed by atoms with Crippen molar-refractivity contribution in [2.75, 3.05) is 155 Å². The molecule has 3 aliphatic heterocycles. The second-order valence-electron chi connectivity index (χ2n) is 25.3. The van der Waals surface area contributed by atoms with E-state index in [9.17, 15) is 19.2 Å². The molecule has 0 spiro atoms. The van der Waals surface area contributed by atoms with E-state index in [0.29, 0.717) is 61.9 Å². The van der Waals surface area contributed by atoms with Crippen LogP contribution in [-0.2, 0) is 27.9 Å². The molecule has 0 aliphatic carbocycles. The Morgan fingerprint density at radius 2 is 1.17 bits per heavy atom. The van der Waals surface area contributed by atoms with E-state index in [0.717, 1.165) is 146 Å². The van der Waals surface area contributed by atoms with Crippen LogP contribution < -0.4 is 55.5 Å². The van der Waals surface area contributed by atoms with Crippen molar-refractivity contribution in [1.29, 1.82) is 0 Å². The fraction of sp³-hybridized carbons (Fsp3) is 0.256. The number of halogens is 1. The number of pyridine rings is 2. The molecule has 0 radical (unpaired) electrons.